The zero-order valence-electron chi connectivity index (χ0n) is 20.0. The number of carbonyl (C=O) groups excluding carboxylic acids is 1. The smallest absolute Gasteiger partial charge is 0.248 e. The van der Waals surface area contributed by atoms with Gasteiger partial charge in [-0.05, 0) is 31.4 Å². The van der Waals surface area contributed by atoms with Gasteiger partial charge in [0.1, 0.15) is 34.4 Å². The van der Waals surface area contributed by atoms with Crippen LogP contribution in [0, 0.1) is 11.7 Å². The summed E-state index contributed by atoms with van der Waals surface area (Å²) < 4.78 is 41.6. The number of nitrogen functional groups attached to an aromatic ring is 1. The van der Waals surface area contributed by atoms with Crippen molar-refractivity contribution in [2.45, 2.75) is 43.9 Å². The molecule has 3 N–H and O–H groups in total. The number of nitrogens with one attached hydrogen (secondary N) is 1. The molecule has 0 saturated heterocycles. The first-order chi connectivity index (χ1) is 17.5. The van der Waals surface area contributed by atoms with E-state index >= 15 is 0 Å². The van der Waals surface area contributed by atoms with Gasteiger partial charge >= 0.3 is 0 Å². The molecule has 1 fully saturated rings. The maximum absolute atomic E-state index is 13.5. The van der Waals surface area contributed by atoms with Crippen molar-refractivity contribution in [2.24, 2.45) is 13.0 Å². The number of fused-ring (bicyclic) bond motifs is 2. The Morgan fingerprint density at radius 2 is 1.95 bits per heavy atom. The summed E-state index contributed by atoms with van der Waals surface area (Å²) in [5, 5.41) is 7.58. The normalized spacial score (nSPS) is 20.6. The van der Waals surface area contributed by atoms with Crippen molar-refractivity contribution in [1.82, 2.24) is 34.7 Å². The van der Waals surface area contributed by atoms with Gasteiger partial charge < -0.3 is 11.1 Å². The monoisotopic (exact) mass is 509 g/mol. The molecule has 190 valence electrons. The number of pyridine rings is 1. The van der Waals surface area contributed by atoms with Crippen LogP contribution in [0.4, 0.5) is 24.8 Å². The molecule has 0 radical (unpaired) electrons. The Morgan fingerprint density at radius 1 is 1.16 bits per heavy atom. The Hall–Kier alpha value is -4.16. The van der Waals surface area contributed by atoms with E-state index in [1.54, 1.807) is 24.9 Å². The van der Waals surface area contributed by atoms with Crippen molar-refractivity contribution in [2.75, 3.05) is 11.1 Å². The fourth-order valence-electron chi connectivity index (χ4n) is 5.10. The zero-order valence-corrected chi connectivity index (χ0v) is 20.0. The number of aryl methyl sites for hydroxylation is 2. The molecular formula is C24H22F3N9O. The van der Waals surface area contributed by atoms with E-state index in [0.29, 0.717) is 46.7 Å². The first-order valence-electron chi connectivity index (χ1n) is 11.7. The molecule has 13 heteroatoms. The summed E-state index contributed by atoms with van der Waals surface area (Å²) in [6, 6.07) is 2.64. The second-order valence-corrected chi connectivity index (χ2v) is 9.76. The second kappa shape index (κ2) is 7.92. The lowest BCUT2D eigenvalue weighted by Gasteiger charge is -2.34. The van der Waals surface area contributed by atoms with Gasteiger partial charge in [-0.3, -0.25) is 14.5 Å². The van der Waals surface area contributed by atoms with E-state index in [9.17, 15) is 18.0 Å². The summed E-state index contributed by atoms with van der Waals surface area (Å²) in [6.07, 6.45) is 3.30. The Kier molecular flexibility index (Phi) is 4.98. The van der Waals surface area contributed by atoms with Crippen LogP contribution in [0.3, 0.4) is 0 Å². The van der Waals surface area contributed by atoms with Gasteiger partial charge in [-0.1, -0.05) is 0 Å². The molecule has 6 rings (SSSR count). The van der Waals surface area contributed by atoms with Crippen LogP contribution >= 0.6 is 0 Å². The predicted octanol–water partition coefficient (Wildman–Crippen LogP) is 3.17. The topological polar surface area (TPSA) is 137 Å². The summed E-state index contributed by atoms with van der Waals surface area (Å²) in [5.41, 5.74) is 6.58. The van der Waals surface area contributed by atoms with Gasteiger partial charge in [0.15, 0.2) is 11.5 Å². The fraction of sp³-hybridized carbons (Fsp3) is 0.375. The Morgan fingerprint density at radius 3 is 2.65 bits per heavy atom. The Bertz CT molecular complexity index is 1560. The van der Waals surface area contributed by atoms with Crippen LogP contribution in [0.1, 0.15) is 43.3 Å². The van der Waals surface area contributed by atoms with Crippen molar-refractivity contribution in [3.05, 3.63) is 47.4 Å². The van der Waals surface area contributed by atoms with Crippen molar-refractivity contribution in [3.8, 4) is 11.5 Å². The van der Waals surface area contributed by atoms with Gasteiger partial charge in [-0.15, -0.1) is 0 Å². The summed E-state index contributed by atoms with van der Waals surface area (Å²) in [6.45, 7) is 1.62. The number of amides is 1. The molecule has 1 aliphatic carbocycles. The summed E-state index contributed by atoms with van der Waals surface area (Å²) >= 11 is 0. The molecule has 37 heavy (non-hydrogen) atoms. The van der Waals surface area contributed by atoms with E-state index in [4.69, 9.17) is 5.73 Å². The standard InChI is InChI=1S/C24H22F3N9O/c1-23(14-5-4-12(25)9-29-14)16-18(28)33-20(34-19(16)35-22(23)37)17-13-10-30-36(2)21(13)32-15(31-17)6-3-11-7-24(26,27)8-11/h4-5,9-11H,3,6-8H2,1-2H3,(H3,28,33,34,35,37). The summed E-state index contributed by atoms with van der Waals surface area (Å²) in [4.78, 5) is 35.4. The number of anilines is 2. The number of nitrogens with two attached hydrogens (primary N) is 1. The Labute approximate surface area is 208 Å². The SMILES string of the molecule is Cn1ncc2c(-c3nc(N)c4c(n3)NC(=O)C4(C)c3ccc(F)cn3)nc(CCC3CC(F)(F)C3)nc21. The van der Waals surface area contributed by atoms with Gasteiger partial charge in [0.25, 0.3) is 0 Å². The van der Waals surface area contributed by atoms with E-state index in [2.05, 4.69) is 35.3 Å². The molecular weight excluding hydrogens is 487 g/mol. The molecule has 2 aliphatic rings. The first-order valence-corrected chi connectivity index (χ1v) is 11.7. The molecule has 5 heterocycles. The minimum atomic E-state index is -2.58. The van der Waals surface area contributed by atoms with E-state index < -0.39 is 23.1 Å². The van der Waals surface area contributed by atoms with Crippen molar-refractivity contribution >= 4 is 28.6 Å². The van der Waals surface area contributed by atoms with Gasteiger partial charge in [0.05, 0.1) is 29.0 Å². The average molecular weight is 509 g/mol. The molecule has 1 aliphatic heterocycles. The van der Waals surface area contributed by atoms with E-state index in [-0.39, 0.29) is 36.2 Å². The zero-order chi connectivity index (χ0) is 26.1. The van der Waals surface area contributed by atoms with Gasteiger partial charge in [-0.25, -0.2) is 33.1 Å². The third-order valence-corrected chi connectivity index (χ3v) is 7.16. The van der Waals surface area contributed by atoms with Crippen molar-refractivity contribution in [3.63, 3.8) is 0 Å². The third-order valence-electron chi connectivity index (χ3n) is 7.16. The van der Waals surface area contributed by atoms with Crippen LogP contribution < -0.4 is 11.1 Å². The highest BCUT2D eigenvalue weighted by atomic mass is 19.3. The molecule has 4 aromatic rings. The number of nitrogens with zero attached hydrogens (tertiary/aromatic N) is 7. The number of alkyl halides is 2. The quantitative estimate of drug-likeness (QED) is 0.419. The predicted molar refractivity (Wildman–Crippen MR) is 127 cm³/mol. The average Bonchev–Trinajstić information content (AvgIpc) is 3.33. The van der Waals surface area contributed by atoms with Gasteiger partial charge in [0.2, 0.25) is 11.8 Å². The molecule has 1 saturated carbocycles. The lowest BCUT2D eigenvalue weighted by molar-refractivity contribution is -0.119. The number of rotatable bonds is 5. The Balaban J connectivity index is 1.41. The first kappa shape index (κ1) is 23.3. The maximum Gasteiger partial charge on any atom is 0.248 e. The highest BCUT2D eigenvalue weighted by Crippen LogP contribution is 2.45. The summed E-state index contributed by atoms with van der Waals surface area (Å²) in [7, 11) is 1.73. The van der Waals surface area contributed by atoms with E-state index in [1.165, 1.54) is 12.1 Å². The van der Waals surface area contributed by atoms with Gasteiger partial charge in [-0.2, -0.15) is 5.10 Å². The molecule has 4 aromatic heterocycles. The number of aromatic nitrogens is 7. The van der Waals surface area contributed by atoms with Crippen molar-refractivity contribution < 1.29 is 18.0 Å². The summed E-state index contributed by atoms with van der Waals surface area (Å²) in [5.74, 6) is -2.76. The minimum Gasteiger partial charge on any atom is -0.383 e. The molecule has 0 aromatic carbocycles. The maximum atomic E-state index is 13.5. The van der Waals surface area contributed by atoms with E-state index in [1.807, 2.05) is 0 Å². The highest BCUT2D eigenvalue weighted by Gasteiger charge is 2.49. The second-order valence-electron chi connectivity index (χ2n) is 9.76. The van der Waals surface area contributed by atoms with Gasteiger partial charge in [0, 0.05) is 26.3 Å². The van der Waals surface area contributed by atoms with Crippen LogP contribution in [-0.2, 0) is 23.7 Å². The van der Waals surface area contributed by atoms with Crippen LogP contribution in [-0.4, -0.2) is 46.5 Å². The third kappa shape index (κ3) is 3.67. The number of halogens is 3. The molecule has 0 spiro atoms. The fourth-order valence-corrected chi connectivity index (χ4v) is 5.10. The number of carbonyl (C=O) groups is 1. The molecule has 1 unspecified atom stereocenters. The molecule has 1 amide bonds. The van der Waals surface area contributed by atoms with Crippen LogP contribution in [0.5, 0.6) is 0 Å². The van der Waals surface area contributed by atoms with Crippen LogP contribution in [0.25, 0.3) is 22.6 Å². The minimum absolute atomic E-state index is 0.0425. The van der Waals surface area contributed by atoms with E-state index in [0.717, 1.165) is 6.20 Å². The van der Waals surface area contributed by atoms with Crippen molar-refractivity contribution in [1.29, 1.82) is 0 Å². The number of hydrogen-bond acceptors (Lipinski definition) is 8. The molecule has 10 nitrogen and oxygen atoms in total. The highest BCUT2D eigenvalue weighted by molar-refractivity contribution is 6.09. The largest absolute Gasteiger partial charge is 0.383 e. The lowest BCUT2D eigenvalue weighted by Crippen LogP contribution is -2.35. The lowest BCUT2D eigenvalue weighted by atomic mass is 9.78. The van der Waals surface area contributed by atoms with Crippen LogP contribution in [0.15, 0.2) is 24.5 Å². The molecule has 1 atom stereocenters. The molecule has 0 bridgehead atoms. The number of hydrogen-bond donors (Lipinski definition) is 2. The van der Waals surface area contributed by atoms with Crippen LogP contribution in [0.2, 0.25) is 0 Å².